The van der Waals surface area contributed by atoms with Crippen molar-refractivity contribution < 1.29 is 23.0 Å². The smallest absolute Gasteiger partial charge is 0.387 e. The number of benzene rings is 1. The van der Waals surface area contributed by atoms with E-state index in [1.807, 2.05) is 0 Å². The third-order valence-corrected chi connectivity index (χ3v) is 2.79. The highest BCUT2D eigenvalue weighted by Crippen LogP contribution is 2.28. The average Bonchev–Trinajstić information content (AvgIpc) is 2.37. The van der Waals surface area contributed by atoms with E-state index >= 15 is 0 Å². The molecule has 0 bridgehead atoms. The monoisotopic (exact) mass is 333 g/mol. The second-order valence-electron chi connectivity index (χ2n) is 3.31. The lowest BCUT2D eigenvalue weighted by atomic mass is 10.0. The van der Waals surface area contributed by atoms with Gasteiger partial charge in [-0.25, -0.2) is 4.79 Å². The fourth-order valence-corrected chi connectivity index (χ4v) is 2.06. The van der Waals surface area contributed by atoms with Gasteiger partial charge in [-0.15, -0.1) is 0 Å². The van der Waals surface area contributed by atoms with Crippen LogP contribution < -0.4 is 4.74 Å². The molecule has 1 aromatic rings. The van der Waals surface area contributed by atoms with E-state index in [1.54, 1.807) is 13.0 Å². The van der Waals surface area contributed by atoms with Crippen molar-refractivity contribution in [3.05, 3.63) is 28.8 Å². The maximum Gasteiger partial charge on any atom is 0.387 e. The van der Waals surface area contributed by atoms with Gasteiger partial charge in [0.2, 0.25) is 0 Å². The molecule has 0 atom stereocenters. The van der Waals surface area contributed by atoms with Crippen LogP contribution in [0.15, 0.2) is 12.1 Å². The standard InChI is InChI=1S/C12H10BrF2NO3/c1-2-18-11(17)7-3-4-10(19-12(14)15)9(6-16)8(7)5-13/h3-4,12H,2,5H2,1H3. The van der Waals surface area contributed by atoms with Crippen LogP contribution in [-0.4, -0.2) is 19.2 Å². The highest BCUT2D eigenvalue weighted by molar-refractivity contribution is 9.08. The zero-order valence-corrected chi connectivity index (χ0v) is 11.5. The van der Waals surface area contributed by atoms with E-state index < -0.39 is 12.6 Å². The number of carbonyl (C=O) groups excluding carboxylic acids is 1. The van der Waals surface area contributed by atoms with Gasteiger partial charge in [0.15, 0.2) is 0 Å². The van der Waals surface area contributed by atoms with Crippen LogP contribution in [0.5, 0.6) is 5.75 Å². The predicted octanol–water partition coefficient (Wildman–Crippen LogP) is 3.23. The van der Waals surface area contributed by atoms with Gasteiger partial charge in [-0.05, 0) is 24.6 Å². The van der Waals surface area contributed by atoms with Crippen LogP contribution in [0.1, 0.15) is 28.4 Å². The van der Waals surface area contributed by atoms with Crippen molar-refractivity contribution in [3.63, 3.8) is 0 Å². The molecule has 0 aliphatic heterocycles. The molecule has 0 aliphatic carbocycles. The second kappa shape index (κ2) is 7.04. The minimum Gasteiger partial charge on any atom is -0.462 e. The summed E-state index contributed by atoms with van der Waals surface area (Å²) < 4.78 is 33.5. The van der Waals surface area contributed by atoms with Gasteiger partial charge < -0.3 is 9.47 Å². The van der Waals surface area contributed by atoms with Crippen LogP contribution in [0.3, 0.4) is 0 Å². The summed E-state index contributed by atoms with van der Waals surface area (Å²) in [6.07, 6.45) is 0. The molecule has 0 aliphatic rings. The largest absolute Gasteiger partial charge is 0.462 e. The van der Waals surface area contributed by atoms with Gasteiger partial charge in [0.05, 0.1) is 17.7 Å². The first-order valence-electron chi connectivity index (χ1n) is 5.29. The lowest BCUT2D eigenvalue weighted by molar-refractivity contribution is -0.0500. The number of esters is 1. The topological polar surface area (TPSA) is 59.3 Å². The number of nitrogens with zero attached hydrogens (tertiary/aromatic N) is 1. The third kappa shape index (κ3) is 3.64. The van der Waals surface area contributed by atoms with E-state index in [0.29, 0.717) is 0 Å². The molecule has 1 rings (SSSR count). The Bertz CT molecular complexity index is 514. The maximum absolute atomic E-state index is 12.2. The Labute approximate surface area is 117 Å². The molecular weight excluding hydrogens is 324 g/mol. The molecule has 1 aromatic carbocycles. The summed E-state index contributed by atoms with van der Waals surface area (Å²) in [4.78, 5) is 11.7. The first-order valence-corrected chi connectivity index (χ1v) is 6.41. The van der Waals surface area contributed by atoms with Gasteiger partial charge >= 0.3 is 12.6 Å². The molecule has 102 valence electrons. The fraction of sp³-hybridized carbons (Fsp3) is 0.333. The number of rotatable bonds is 5. The van der Waals surface area contributed by atoms with Crippen molar-refractivity contribution in [2.24, 2.45) is 0 Å². The van der Waals surface area contributed by atoms with Gasteiger partial charge in [0, 0.05) is 5.33 Å². The van der Waals surface area contributed by atoms with Gasteiger partial charge in [-0.1, -0.05) is 15.9 Å². The van der Waals surface area contributed by atoms with Crippen molar-refractivity contribution in [2.75, 3.05) is 6.61 Å². The Balaban J connectivity index is 3.31. The lowest BCUT2D eigenvalue weighted by Crippen LogP contribution is -2.11. The minimum absolute atomic E-state index is 0.109. The van der Waals surface area contributed by atoms with Crippen LogP contribution in [0.2, 0.25) is 0 Å². The van der Waals surface area contributed by atoms with E-state index in [4.69, 9.17) is 10.00 Å². The molecule has 0 saturated heterocycles. The summed E-state index contributed by atoms with van der Waals surface area (Å²) in [7, 11) is 0. The molecule has 0 saturated carbocycles. The van der Waals surface area contributed by atoms with Gasteiger partial charge in [-0.2, -0.15) is 14.0 Å². The summed E-state index contributed by atoms with van der Waals surface area (Å²) in [5.41, 5.74) is 0.304. The number of ether oxygens (including phenoxy) is 2. The van der Waals surface area contributed by atoms with Crippen LogP contribution in [0.25, 0.3) is 0 Å². The van der Waals surface area contributed by atoms with Crippen LogP contribution in [0.4, 0.5) is 8.78 Å². The first-order chi connectivity index (χ1) is 9.04. The van der Waals surface area contributed by atoms with Crippen molar-refractivity contribution in [3.8, 4) is 11.8 Å². The summed E-state index contributed by atoms with van der Waals surface area (Å²) in [5.74, 6) is -0.878. The number of carbonyl (C=O) groups is 1. The molecule has 0 spiro atoms. The van der Waals surface area contributed by atoms with E-state index in [2.05, 4.69) is 20.7 Å². The molecular formula is C12H10BrF2NO3. The second-order valence-corrected chi connectivity index (χ2v) is 3.87. The summed E-state index contributed by atoms with van der Waals surface area (Å²) in [6.45, 7) is -1.22. The Morgan fingerprint density at radius 3 is 2.68 bits per heavy atom. The summed E-state index contributed by atoms with van der Waals surface area (Å²) >= 11 is 3.12. The fourth-order valence-electron chi connectivity index (χ4n) is 1.48. The Kier molecular flexibility index (Phi) is 5.70. The van der Waals surface area contributed by atoms with Crippen LogP contribution >= 0.6 is 15.9 Å². The molecule has 4 nitrogen and oxygen atoms in total. The predicted molar refractivity (Wildman–Crippen MR) is 66.4 cm³/mol. The zero-order valence-electron chi connectivity index (χ0n) is 9.95. The number of hydrogen-bond acceptors (Lipinski definition) is 4. The summed E-state index contributed by atoms with van der Waals surface area (Å²) in [6, 6.07) is 4.22. The highest BCUT2D eigenvalue weighted by Gasteiger charge is 2.20. The Hall–Kier alpha value is -1.68. The molecule has 0 N–H and O–H groups in total. The van der Waals surface area contributed by atoms with Crippen LogP contribution in [0, 0.1) is 11.3 Å². The van der Waals surface area contributed by atoms with Crippen LogP contribution in [-0.2, 0) is 10.1 Å². The van der Waals surface area contributed by atoms with Gasteiger partial charge in [0.25, 0.3) is 0 Å². The Morgan fingerprint density at radius 2 is 2.21 bits per heavy atom. The van der Waals surface area contributed by atoms with Crippen molar-refractivity contribution in [1.29, 1.82) is 5.26 Å². The molecule has 0 amide bonds. The van der Waals surface area contributed by atoms with Gasteiger partial charge in [-0.3, -0.25) is 0 Å². The molecule has 0 radical (unpaired) electrons. The Morgan fingerprint density at radius 1 is 1.53 bits per heavy atom. The molecule has 19 heavy (non-hydrogen) atoms. The van der Waals surface area contributed by atoms with E-state index in [1.165, 1.54) is 6.07 Å². The number of alkyl halides is 3. The number of halogens is 3. The molecule has 0 unspecified atom stereocenters. The maximum atomic E-state index is 12.2. The first kappa shape index (κ1) is 15.4. The van der Waals surface area contributed by atoms with E-state index in [0.717, 1.165) is 6.07 Å². The van der Waals surface area contributed by atoms with Gasteiger partial charge in [0.1, 0.15) is 11.8 Å². The molecule has 0 fully saturated rings. The normalized spacial score (nSPS) is 10.1. The third-order valence-electron chi connectivity index (χ3n) is 2.23. The number of nitriles is 1. The zero-order chi connectivity index (χ0) is 14.4. The van der Waals surface area contributed by atoms with Crippen molar-refractivity contribution in [1.82, 2.24) is 0 Å². The van der Waals surface area contributed by atoms with Crippen molar-refractivity contribution >= 4 is 21.9 Å². The average molecular weight is 334 g/mol. The highest BCUT2D eigenvalue weighted by atomic mass is 79.9. The minimum atomic E-state index is -3.04. The van der Waals surface area contributed by atoms with Crippen molar-refractivity contribution in [2.45, 2.75) is 18.9 Å². The quantitative estimate of drug-likeness (QED) is 0.613. The van der Waals surface area contributed by atoms with E-state index in [9.17, 15) is 13.6 Å². The molecule has 7 heteroatoms. The summed E-state index contributed by atoms with van der Waals surface area (Å²) in [5, 5.41) is 9.17. The lowest BCUT2D eigenvalue weighted by Gasteiger charge is -2.12. The number of hydrogen-bond donors (Lipinski definition) is 0. The SMILES string of the molecule is CCOC(=O)c1ccc(OC(F)F)c(C#N)c1CBr. The van der Waals surface area contributed by atoms with E-state index in [-0.39, 0.29) is 34.4 Å². The molecule has 0 aromatic heterocycles. The molecule has 0 heterocycles.